The molecule has 0 spiro atoms. The average Bonchev–Trinajstić information content (AvgIpc) is 3.08. The lowest BCUT2D eigenvalue weighted by atomic mass is 9.81. The molecule has 1 aliphatic carbocycles. The van der Waals surface area contributed by atoms with E-state index < -0.39 is 29.7 Å². The number of aryl methyl sites for hydroxylation is 1. The van der Waals surface area contributed by atoms with Crippen molar-refractivity contribution in [3.63, 3.8) is 0 Å². The fraction of sp³-hybridized carbons (Fsp3) is 0.611. The van der Waals surface area contributed by atoms with Gasteiger partial charge in [-0.05, 0) is 32.1 Å². The normalized spacial score (nSPS) is 22.7. The highest BCUT2D eigenvalue weighted by Gasteiger charge is 2.38. The van der Waals surface area contributed by atoms with Crippen molar-refractivity contribution in [2.45, 2.75) is 51.0 Å². The van der Waals surface area contributed by atoms with Gasteiger partial charge in [-0.15, -0.1) is 0 Å². The molecule has 9 nitrogen and oxygen atoms in total. The van der Waals surface area contributed by atoms with Gasteiger partial charge >= 0.3 is 12.1 Å². The molecule has 3 N–H and O–H groups in total. The molecule has 2 fully saturated rings. The number of nitrogens with zero attached hydrogens (tertiary/aromatic N) is 2. The van der Waals surface area contributed by atoms with E-state index in [1.165, 1.54) is 11.0 Å². The van der Waals surface area contributed by atoms with Crippen molar-refractivity contribution >= 4 is 17.8 Å². The van der Waals surface area contributed by atoms with Crippen LogP contribution in [0.5, 0.6) is 0 Å². The van der Waals surface area contributed by atoms with E-state index in [1.54, 1.807) is 6.92 Å². The zero-order valence-electron chi connectivity index (χ0n) is 16.5. The predicted octanol–water partition coefficient (Wildman–Crippen LogP) is 1.18. The minimum Gasteiger partial charge on any atom is -0.475 e. The summed E-state index contributed by atoms with van der Waals surface area (Å²) in [5, 5.41) is 16.5. The minimum atomic E-state index is -5.08. The molecular formula is C18H22F4N4O5. The molecule has 1 saturated carbocycles. The highest BCUT2D eigenvalue weighted by molar-refractivity contribution is 5.92. The molecule has 0 radical (unpaired) electrons. The number of aliphatic carboxylic acids is 1. The number of carbonyl (C=O) groups is 3. The number of carbonyl (C=O) groups excluding carboxylic acids is 2. The fourth-order valence-electron chi connectivity index (χ4n) is 3.23. The van der Waals surface area contributed by atoms with E-state index in [2.05, 4.69) is 15.5 Å². The summed E-state index contributed by atoms with van der Waals surface area (Å²) < 4.78 is 44.5. The Hall–Kier alpha value is -2.99. The monoisotopic (exact) mass is 450 g/mol. The van der Waals surface area contributed by atoms with E-state index >= 15 is 0 Å². The Morgan fingerprint density at radius 1 is 1.32 bits per heavy atom. The maximum Gasteiger partial charge on any atom is 0.490 e. The van der Waals surface area contributed by atoms with Gasteiger partial charge in [0.05, 0.1) is 0 Å². The van der Waals surface area contributed by atoms with Crippen LogP contribution in [-0.4, -0.2) is 69.5 Å². The Labute approximate surface area is 173 Å². The van der Waals surface area contributed by atoms with E-state index in [-0.39, 0.29) is 23.6 Å². The first-order valence-corrected chi connectivity index (χ1v) is 9.46. The zero-order chi connectivity index (χ0) is 23.3. The lowest BCUT2D eigenvalue weighted by molar-refractivity contribution is -0.192. The average molecular weight is 450 g/mol. The number of likely N-dealkylation sites (tertiary alicyclic amines) is 1. The Morgan fingerprint density at radius 2 is 1.94 bits per heavy atom. The van der Waals surface area contributed by atoms with Crippen LogP contribution in [0.4, 0.5) is 17.6 Å². The van der Waals surface area contributed by atoms with Gasteiger partial charge in [0.15, 0.2) is 5.69 Å². The largest absolute Gasteiger partial charge is 0.490 e. The maximum absolute atomic E-state index is 12.8. The SMILES string of the molecule is Cc1cc(=O)c(C(=O)N2CC[C@@H](NC(=O)CC3CC(F)C3)C2)n[nH]1.O=C(O)C(F)(F)F. The number of alkyl halides is 4. The van der Waals surface area contributed by atoms with Crippen molar-refractivity contribution < 1.29 is 37.1 Å². The molecule has 0 aromatic carbocycles. The standard InChI is InChI=1S/C16H21FN4O3.C2HF3O2/c1-9-4-13(22)15(20-19-9)16(24)21-3-2-12(8-21)18-14(23)7-10-5-11(17)6-10;3-2(4,5)1(6)7/h4,10-12H,2-3,5-8H2,1H3,(H,18,23)(H,19,22);(H,6,7)/t10?,11?,12-;/m1./s1. The number of amides is 2. The number of nitrogens with one attached hydrogen (secondary N) is 2. The Balaban J connectivity index is 0.000000423. The third-order valence-corrected chi connectivity index (χ3v) is 4.86. The number of halogens is 4. The van der Waals surface area contributed by atoms with E-state index in [0.717, 1.165) is 0 Å². The molecular weight excluding hydrogens is 428 g/mol. The van der Waals surface area contributed by atoms with E-state index in [1.807, 2.05) is 0 Å². The van der Waals surface area contributed by atoms with Crippen LogP contribution in [0.15, 0.2) is 10.9 Å². The van der Waals surface area contributed by atoms with Gasteiger partial charge in [0.25, 0.3) is 5.91 Å². The highest BCUT2D eigenvalue weighted by atomic mass is 19.4. The molecule has 1 atom stereocenters. The first-order valence-electron chi connectivity index (χ1n) is 9.46. The second kappa shape index (κ2) is 9.88. The van der Waals surface area contributed by atoms with E-state index in [4.69, 9.17) is 9.90 Å². The molecule has 1 aromatic rings. The molecule has 31 heavy (non-hydrogen) atoms. The van der Waals surface area contributed by atoms with E-state index in [0.29, 0.717) is 44.5 Å². The summed E-state index contributed by atoms with van der Waals surface area (Å²) >= 11 is 0. The molecule has 1 aromatic heterocycles. The first kappa shape index (κ1) is 24.3. The van der Waals surface area contributed by atoms with Crippen LogP contribution in [0.1, 0.15) is 41.9 Å². The molecule has 3 rings (SSSR count). The van der Waals surface area contributed by atoms with E-state index in [9.17, 15) is 31.9 Å². The van der Waals surface area contributed by atoms with Crippen LogP contribution in [0.2, 0.25) is 0 Å². The van der Waals surface area contributed by atoms with Gasteiger partial charge in [0.2, 0.25) is 11.3 Å². The van der Waals surface area contributed by atoms with Crippen molar-refractivity contribution in [1.29, 1.82) is 0 Å². The number of hydrogen-bond donors (Lipinski definition) is 3. The molecule has 2 heterocycles. The number of H-pyrrole nitrogens is 1. The van der Waals surface area contributed by atoms with Crippen LogP contribution in [-0.2, 0) is 9.59 Å². The molecule has 2 amide bonds. The molecule has 0 unspecified atom stereocenters. The zero-order valence-corrected chi connectivity index (χ0v) is 16.5. The Kier molecular flexibility index (Phi) is 7.74. The quantitative estimate of drug-likeness (QED) is 0.590. The lowest BCUT2D eigenvalue weighted by Crippen LogP contribution is -2.41. The minimum absolute atomic E-state index is 0.0995. The molecule has 172 valence electrons. The summed E-state index contributed by atoms with van der Waals surface area (Å²) in [6.45, 7) is 2.52. The number of carboxylic acid groups (broad SMARTS) is 1. The van der Waals surface area contributed by atoms with Gasteiger partial charge in [-0.1, -0.05) is 0 Å². The van der Waals surface area contributed by atoms with Gasteiger partial charge in [0.1, 0.15) is 6.17 Å². The van der Waals surface area contributed by atoms with Gasteiger partial charge in [0, 0.05) is 37.3 Å². The van der Waals surface area contributed by atoms with Gasteiger partial charge in [-0.2, -0.15) is 18.3 Å². The number of carboxylic acids is 1. The van der Waals surface area contributed by atoms with Crippen LogP contribution in [0.3, 0.4) is 0 Å². The molecule has 0 bridgehead atoms. The van der Waals surface area contributed by atoms with Gasteiger partial charge in [-0.25, -0.2) is 9.18 Å². The number of aromatic nitrogens is 2. The second-order valence-electron chi connectivity index (χ2n) is 7.51. The summed E-state index contributed by atoms with van der Waals surface area (Å²) in [6, 6.07) is 1.21. The third kappa shape index (κ3) is 7.03. The predicted molar refractivity (Wildman–Crippen MR) is 98.0 cm³/mol. The van der Waals surface area contributed by atoms with Crippen molar-refractivity contribution in [3.05, 3.63) is 27.7 Å². The van der Waals surface area contributed by atoms with Crippen LogP contribution >= 0.6 is 0 Å². The van der Waals surface area contributed by atoms with Gasteiger partial charge < -0.3 is 15.3 Å². The maximum atomic E-state index is 12.8. The molecule has 2 aliphatic rings. The lowest BCUT2D eigenvalue weighted by Gasteiger charge is -2.29. The second-order valence-corrected chi connectivity index (χ2v) is 7.51. The number of aromatic amines is 1. The van der Waals surface area contributed by atoms with Crippen LogP contribution < -0.4 is 10.7 Å². The Bertz CT molecular complexity index is 882. The summed E-state index contributed by atoms with van der Waals surface area (Å²) in [4.78, 5) is 46.6. The van der Waals surface area contributed by atoms with Gasteiger partial charge in [-0.3, -0.25) is 19.5 Å². The summed E-state index contributed by atoms with van der Waals surface area (Å²) in [5.41, 5.74) is 0.0557. The number of rotatable bonds is 4. The summed E-state index contributed by atoms with van der Waals surface area (Å²) in [7, 11) is 0. The van der Waals surface area contributed by atoms with Crippen molar-refractivity contribution in [1.82, 2.24) is 20.4 Å². The topological polar surface area (TPSA) is 132 Å². The van der Waals surface area contributed by atoms with Crippen LogP contribution in [0, 0.1) is 12.8 Å². The smallest absolute Gasteiger partial charge is 0.475 e. The summed E-state index contributed by atoms with van der Waals surface area (Å²) in [5.74, 6) is -3.15. The third-order valence-electron chi connectivity index (χ3n) is 4.86. The van der Waals surface area contributed by atoms with Crippen LogP contribution in [0.25, 0.3) is 0 Å². The molecule has 1 aliphatic heterocycles. The van der Waals surface area contributed by atoms with Crippen molar-refractivity contribution in [3.8, 4) is 0 Å². The number of hydrogen-bond acceptors (Lipinski definition) is 5. The first-order chi connectivity index (χ1) is 14.4. The Morgan fingerprint density at radius 3 is 2.45 bits per heavy atom. The fourth-order valence-corrected chi connectivity index (χ4v) is 3.23. The molecule has 13 heteroatoms. The summed E-state index contributed by atoms with van der Waals surface area (Å²) in [6.07, 6.45) is -3.95. The van der Waals surface area contributed by atoms with Crippen molar-refractivity contribution in [2.24, 2.45) is 5.92 Å². The molecule has 1 saturated heterocycles. The van der Waals surface area contributed by atoms with Crippen molar-refractivity contribution in [2.75, 3.05) is 13.1 Å². The highest BCUT2D eigenvalue weighted by Crippen LogP contribution is 2.32.